The normalized spacial score (nSPS) is 15.3. The smallest absolute Gasteiger partial charge is 0.316 e. The Labute approximate surface area is 178 Å². The molecule has 0 spiro atoms. The summed E-state index contributed by atoms with van der Waals surface area (Å²) in [6, 6.07) is 13.0. The van der Waals surface area contributed by atoms with Gasteiger partial charge >= 0.3 is 5.97 Å². The maximum absolute atomic E-state index is 11.5. The van der Waals surface area contributed by atoms with Crippen molar-refractivity contribution in [2.24, 2.45) is 0 Å². The topological polar surface area (TPSA) is 64.1 Å². The van der Waals surface area contributed by atoms with E-state index in [1.165, 1.54) is 48.0 Å². The first kappa shape index (κ1) is 18.8. The summed E-state index contributed by atoms with van der Waals surface area (Å²) in [5.74, 6) is 2.47. The minimum Gasteiger partial charge on any atom is -0.468 e. The number of hydrogen-bond donors (Lipinski definition) is 1. The number of benzene rings is 2. The number of carbonyl (C=O) groups excluding carboxylic acids is 1. The molecular weight excluding hydrogens is 402 g/mol. The summed E-state index contributed by atoms with van der Waals surface area (Å²) < 4.78 is 4.74. The number of anilines is 2. The fourth-order valence-electron chi connectivity index (χ4n) is 3.69. The zero-order chi connectivity index (χ0) is 19.8. The van der Waals surface area contributed by atoms with E-state index < -0.39 is 0 Å². The molecule has 2 heterocycles. The molecule has 1 N–H and O–H groups in total. The molecule has 0 atom stereocenters. The lowest BCUT2D eigenvalue weighted by Gasteiger charge is -2.15. The van der Waals surface area contributed by atoms with Crippen LogP contribution in [0.1, 0.15) is 30.0 Å². The van der Waals surface area contributed by atoms with Gasteiger partial charge in [-0.15, -0.1) is 11.8 Å². The van der Waals surface area contributed by atoms with Gasteiger partial charge in [0.2, 0.25) is 0 Å². The number of nitrogens with one attached hydrogen (secondary N) is 1. The van der Waals surface area contributed by atoms with E-state index in [4.69, 9.17) is 9.72 Å². The monoisotopic (exact) mass is 423 g/mol. The molecule has 148 valence electrons. The number of carbonyl (C=O) groups is 1. The summed E-state index contributed by atoms with van der Waals surface area (Å²) in [6.07, 6.45) is 3.49. The lowest BCUT2D eigenvalue weighted by atomic mass is 9.99. The Kier molecular flexibility index (Phi) is 5.09. The van der Waals surface area contributed by atoms with Crippen LogP contribution in [0.15, 0.2) is 46.5 Å². The maximum atomic E-state index is 11.5. The van der Waals surface area contributed by atoms with Gasteiger partial charge in [0.15, 0.2) is 5.16 Å². The molecule has 1 aliphatic carbocycles. The Morgan fingerprint density at radius 2 is 2.03 bits per heavy atom. The van der Waals surface area contributed by atoms with Crippen molar-refractivity contribution in [2.45, 2.75) is 35.2 Å². The number of fused-ring (bicyclic) bond motifs is 2. The molecule has 0 bridgehead atoms. The number of methoxy groups -OCH3 is 1. The Bertz CT molecular complexity index is 1100. The summed E-state index contributed by atoms with van der Waals surface area (Å²) >= 11 is 3.10. The second-order valence-electron chi connectivity index (χ2n) is 7.24. The Hall–Kier alpha value is -2.25. The predicted molar refractivity (Wildman–Crippen MR) is 118 cm³/mol. The molecule has 3 aromatic rings. The second-order valence-corrected chi connectivity index (χ2v) is 9.29. The van der Waals surface area contributed by atoms with Gasteiger partial charge in [0.05, 0.1) is 23.5 Å². The first-order valence-corrected chi connectivity index (χ1v) is 11.7. The van der Waals surface area contributed by atoms with Crippen molar-refractivity contribution in [1.82, 2.24) is 9.97 Å². The predicted octanol–water partition coefficient (Wildman–Crippen LogP) is 5.16. The Morgan fingerprint density at radius 3 is 2.83 bits per heavy atom. The van der Waals surface area contributed by atoms with E-state index in [1.807, 2.05) is 0 Å². The van der Waals surface area contributed by atoms with Crippen molar-refractivity contribution in [3.05, 3.63) is 47.7 Å². The van der Waals surface area contributed by atoms with Gasteiger partial charge in [-0.25, -0.2) is 9.97 Å². The van der Waals surface area contributed by atoms with Crippen LogP contribution in [-0.4, -0.2) is 34.6 Å². The van der Waals surface area contributed by atoms with Crippen LogP contribution >= 0.6 is 23.5 Å². The standard InChI is InChI=1S/C22H21N3O2S2/c1-27-19(26)12-29-22-24-18-10-11-28-20(18)21(25-22)23-17-9-8-14(13-6-7-13)15-4-2-3-5-16(15)17/h2-5,8-9,13H,6-7,10-12H2,1H3,(H,23,24,25). The number of aryl methyl sites for hydroxylation is 1. The van der Waals surface area contributed by atoms with E-state index in [-0.39, 0.29) is 11.7 Å². The van der Waals surface area contributed by atoms with Gasteiger partial charge in [-0.1, -0.05) is 42.1 Å². The van der Waals surface area contributed by atoms with E-state index >= 15 is 0 Å². The molecule has 5 rings (SSSR count). The van der Waals surface area contributed by atoms with Gasteiger partial charge in [0.25, 0.3) is 0 Å². The van der Waals surface area contributed by atoms with Crippen LogP contribution in [0.25, 0.3) is 10.8 Å². The average Bonchev–Trinajstić information content (AvgIpc) is 3.48. The van der Waals surface area contributed by atoms with Crippen molar-refractivity contribution in [3.8, 4) is 0 Å². The number of aromatic nitrogens is 2. The van der Waals surface area contributed by atoms with Crippen LogP contribution in [0.4, 0.5) is 11.5 Å². The van der Waals surface area contributed by atoms with Crippen molar-refractivity contribution in [3.63, 3.8) is 0 Å². The highest BCUT2D eigenvalue weighted by atomic mass is 32.2. The van der Waals surface area contributed by atoms with Gasteiger partial charge in [0.1, 0.15) is 5.82 Å². The van der Waals surface area contributed by atoms with E-state index in [2.05, 4.69) is 46.7 Å². The van der Waals surface area contributed by atoms with Crippen molar-refractivity contribution >= 4 is 51.8 Å². The largest absolute Gasteiger partial charge is 0.468 e. The maximum Gasteiger partial charge on any atom is 0.316 e. The molecule has 0 unspecified atom stereocenters. The van der Waals surface area contributed by atoms with Crippen LogP contribution in [0.3, 0.4) is 0 Å². The van der Waals surface area contributed by atoms with Gasteiger partial charge < -0.3 is 10.1 Å². The highest BCUT2D eigenvalue weighted by Crippen LogP contribution is 2.45. The second kappa shape index (κ2) is 7.88. The number of esters is 1. The third-order valence-electron chi connectivity index (χ3n) is 5.28. The summed E-state index contributed by atoms with van der Waals surface area (Å²) in [4.78, 5) is 22.0. The van der Waals surface area contributed by atoms with Gasteiger partial charge in [0, 0.05) is 23.2 Å². The molecule has 7 heteroatoms. The fourth-order valence-corrected chi connectivity index (χ4v) is 5.43. The molecule has 2 aromatic carbocycles. The molecule has 1 aliphatic heterocycles. The van der Waals surface area contributed by atoms with E-state index in [1.54, 1.807) is 11.8 Å². The minimum absolute atomic E-state index is 0.209. The van der Waals surface area contributed by atoms with E-state index in [0.717, 1.165) is 34.3 Å². The Morgan fingerprint density at radius 1 is 1.21 bits per heavy atom. The van der Waals surface area contributed by atoms with Crippen LogP contribution in [0, 0.1) is 0 Å². The number of hydrogen-bond acceptors (Lipinski definition) is 7. The van der Waals surface area contributed by atoms with Crippen LogP contribution < -0.4 is 5.32 Å². The lowest BCUT2D eigenvalue weighted by Crippen LogP contribution is -2.06. The SMILES string of the molecule is COC(=O)CSc1nc2c(c(Nc3ccc(C4CC4)c4ccccc34)n1)SCC2. The molecule has 0 amide bonds. The van der Waals surface area contributed by atoms with Gasteiger partial charge in [-0.3, -0.25) is 4.79 Å². The first-order valence-electron chi connectivity index (χ1n) is 9.75. The lowest BCUT2D eigenvalue weighted by molar-refractivity contribution is -0.137. The number of ether oxygens (including phenoxy) is 1. The molecule has 1 fully saturated rings. The van der Waals surface area contributed by atoms with Crippen molar-refractivity contribution in [1.29, 1.82) is 0 Å². The van der Waals surface area contributed by atoms with Crippen molar-refractivity contribution < 1.29 is 9.53 Å². The van der Waals surface area contributed by atoms with Crippen LogP contribution in [0.2, 0.25) is 0 Å². The van der Waals surface area contributed by atoms with E-state index in [0.29, 0.717) is 11.1 Å². The number of nitrogens with zero attached hydrogens (tertiary/aromatic N) is 2. The van der Waals surface area contributed by atoms with Crippen molar-refractivity contribution in [2.75, 3.05) is 23.9 Å². The van der Waals surface area contributed by atoms with E-state index in [9.17, 15) is 4.79 Å². The fraction of sp³-hybridized carbons (Fsp3) is 0.318. The minimum atomic E-state index is -0.273. The molecule has 1 aromatic heterocycles. The summed E-state index contributed by atoms with van der Waals surface area (Å²) in [7, 11) is 1.40. The summed E-state index contributed by atoms with van der Waals surface area (Å²) in [5, 5.41) is 6.72. The van der Waals surface area contributed by atoms with Gasteiger partial charge in [-0.2, -0.15) is 0 Å². The van der Waals surface area contributed by atoms with Crippen LogP contribution in [-0.2, 0) is 16.0 Å². The molecule has 1 saturated carbocycles. The van der Waals surface area contributed by atoms with Gasteiger partial charge in [-0.05, 0) is 35.8 Å². The summed E-state index contributed by atoms with van der Waals surface area (Å²) in [5.41, 5.74) is 3.56. The first-order chi connectivity index (χ1) is 14.2. The van der Waals surface area contributed by atoms with Crippen LogP contribution in [0.5, 0.6) is 0 Å². The third-order valence-corrected chi connectivity index (χ3v) is 7.22. The zero-order valence-electron chi connectivity index (χ0n) is 16.1. The number of rotatable bonds is 6. The molecule has 5 nitrogen and oxygen atoms in total. The molecule has 2 aliphatic rings. The molecule has 0 saturated heterocycles. The molecule has 29 heavy (non-hydrogen) atoms. The third kappa shape index (κ3) is 3.81. The highest BCUT2D eigenvalue weighted by Gasteiger charge is 2.26. The summed E-state index contributed by atoms with van der Waals surface area (Å²) in [6.45, 7) is 0. The quantitative estimate of drug-likeness (QED) is 0.334. The zero-order valence-corrected chi connectivity index (χ0v) is 17.7. The Balaban J connectivity index is 1.51. The number of thioether (sulfide) groups is 2. The molecular formula is C22H21N3O2S2. The molecule has 0 radical (unpaired) electrons. The average molecular weight is 424 g/mol. The highest BCUT2D eigenvalue weighted by molar-refractivity contribution is 8.00.